The van der Waals surface area contributed by atoms with Crippen LogP contribution in [-0.2, 0) is 0 Å². The van der Waals surface area contributed by atoms with Crippen molar-refractivity contribution in [3.63, 3.8) is 0 Å². The quantitative estimate of drug-likeness (QED) is 0.172. The Morgan fingerprint density at radius 1 is 0.564 bits per heavy atom. The molecular weight excluding hydrogens is 675 g/mol. The van der Waals surface area contributed by atoms with Crippen molar-refractivity contribution in [2.24, 2.45) is 0 Å². The molecule has 0 spiro atoms. The fourth-order valence-electron chi connectivity index (χ4n) is 8.62. The second-order valence-electron chi connectivity index (χ2n) is 15.8. The molecule has 55 heavy (non-hydrogen) atoms. The molecule has 0 fully saturated rings. The van der Waals surface area contributed by atoms with Crippen LogP contribution in [0.3, 0.4) is 0 Å². The van der Waals surface area contributed by atoms with Crippen molar-refractivity contribution >= 4 is 43.6 Å². The molecule has 0 unspecified atom stereocenters. The molecule has 0 saturated carbocycles. The Hall–Kier alpha value is -6.14. The monoisotopic (exact) mass is 721 g/mol. The van der Waals surface area contributed by atoms with Crippen LogP contribution in [0.1, 0.15) is 70.1 Å². The molecule has 9 aromatic rings. The number of benzene rings is 5. The van der Waals surface area contributed by atoms with E-state index in [0.29, 0.717) is 5.92 Å². The molecule has 6 nitrogen and oxygen atoms in total. The minimum Gasteiger partial charge on any atom is -0.457 e. The first kappa shape index (κ1) is 34.6. The zero-order chi connectivity index (χ0) is 38.4. The van der Waals surface area contributed by atoms with Gasteiger partial charge in [-0.15, -0.1) is 0 Å². The van der Waals surface area contributed by atoms with Crippen molar-refractivity contribution in [2.75, 3.05) is 0 Å². The Morgan fingerprint density at radius 2 is 1.22 bits per heavy atom. The van der Waals surface area contributed by atoms with Crippen LogP contribution >= 0.6 is 0 Å². The molecule has 0 atom stereocenters. The summed E-state index contributed by atoms with van der Waals surface area (Å²) in [6.07, 6.45) is 2.05. The number of para-hydroxylation sites is 1. The fraction of sp³-hybridized carbons (Fsp3) is 0.224. The van der Waals surface area contributed by atoms with Crippen LogP contribution in [0.5, 0.6) is 11.5 Å². The highest BCUT2D eigenvalue weighted by molar-refractivity contribution is 6.12. The fourth-order valence-corrected chi connectivity index (χ4v) is 8.62. The van der Waals surface area contributed by atoms with Gasteiger partial charge >= 0.3 is 0 Å². The Labute approximate surface area is 322 Å². The van der Waals surface area contributed by atoms with Gasteiger partial charge in [-0.2, -0.15) is 5.10 Å². The molecule has 5 aromatic carbocycles. The highest BCUT2D eigenvalue weighted by atomic mass is 16.5. The van der Waals surface area contributed by atoms with Gasteiger partial charge in [0.1, 0.15) is 17.3 Å². The van der Waals surface area contributed by atoms with E-state index in [1.165, 1.54) is 60.7 Å². The van der Waals surface area contributed by atoms with Gasteiger partial charge < -0.3 is 9.30 Å². The molecule has 0 radical (unpaired) electrons. The van der Waals surface area contributed by atoms with Crippen molar-refractivity contribution < 1.29 is 4.74 Å². The van der Waals surface area contributed by atoms with Crippen molar-refractivity contribution in [3.8, 4) is 28.7 Å². The summed E-state index contributed by atoms with van der Waals surface area (Å²) in [5.41, 5.74) is 17.5. The second-order valence-corrected chi connectivity index (χ2v) is 15.8. The van der Waals surface area contributed by atoms with Gasteiger partial charge in [0, 0.05) is 51.1 Å². The third-order valence-corrected chi connectivity index (χ3v) is 11.7. The molecule has 274 valence electrons. The molecule has 0 aliphatic heterocycles. The number of aromatic nitrogens is 5. The minimum absolute atomic E-state index is 0.323. The molecule has 9 rings (SSSR count). The summed E-state index contributed by atoms with van der Waals surface area (Å²) >= 11 is 0. The van der Waals surface area contributed by atoms with Crippen LogP contribution in [0.2, 0.25) is 0 Å². The van der Waals surface area contributed by atoms with E-state index >= 15 is 0 Å². The number of nitrogens with zero attached hydrogens (tertiary/aromatic N) is 5. The molecule has 0 saturated heterocycles. The van der Waals surface area contributed by atoms with Gasteiger partial charge in [0.2, 0.25) is 0 Å². The molecule has 4 heterocycles. The highest BCUT2D eigenvalue weighted by Gasteiger charge is 2.24. The Kier molecular flexibility index (Phi) is 8.01. The first-order valence-electron chi connectivity index (χ1n) is 19.3. The predicted molar refractivity (Wildman–Crippen MR) is 229 cm³/mol. The predicted octanol–water partition coefficient (Wildman–Crippen LogP) is 12.8. The summed E-state index contributed by atoms with van der Waals surface area (Å²) in [5, 5.41) is 9.66. The summed E-state index contributed by atoms with van der Waals surface area (Å²) in [6.45, 7) is 21.9. The van der Waals surface area contributed by atoms with Crippen molar-refractivity contribution in [3.05, 3.63) is 148 Å². The molecule has 0 aliphatic rings. The minimum atomic E-state index is 0.323. The van der Waals surface area contributed by atoms with Crippen molar-refractivity contribution in [1.29, 1.82) is 0 Å². The molecule has 6 heteroatoms. The van der Waals surface area contributed by atoms with Crippen molar-refractivity contribution in [2.45, 2.75) is 75.2 Å². The van der Waals surface area contributed by atoms with E-state index in [0.717, 1.165) is 61.9 Å². The van der Waals surface area contributed by atoms with E-state index in [9.17, 15) is 0 Å². The normalized spacial score (nSPS) is 12.0. The molecule has 0 N–H and O–H groups in total. The van der Waals surface area contributed by atoms with Crippen LogP contribution < -0.4 is 4.74 Å². The molecule has 4 aromatic heterocycles. The first-order chi connectivity index (χ1) is 26.4. The summed E-state index contributed by atoms with van der Waals surface area (Å²) < 4.78 is 13.6. The lowest BCUT2D eigenvalue weighted by atomic mass is 10.0. The Bertz CT molecular complexity index is 2960. The van der Waals surface area contributed by atoms with Gasteiger partial charge in [-0.05, 0) is 131 Å². The van der Waals surface area contributed by atoms with E-state index in [2.05, 4.69) is 162 Å². The number of hydrogen-bond acceptors (Lipinski definition) is 3. The zero-order valence-electron chi connectivity index (χ0n) is 33.5. The zero-order valence-corrected chi connectivity index (χ0v) is 33.5. The summed E-state index contributed by atoms with van der Waals surface area (Å²) in [6, 6.07) is 32.7. The SMILES string of the molecule is Cc1cc(C)n(-c2cc(Oc3ccc4c5ccccc5n(-c5ncc(C)c(-n6c7c(C)c(C)ccc7c7ccc(C)c(C)c76)c5C)c4c3)cc(C(C)C)c2)n1. The molecule has 0 bridgehead atoms. The number of aryl methyl sites for hydroxylation is 7. The van der Waals surface area contributed by atoms with Crippen LogP contribution in [0.4, 0.5) is 0 Å². The lowest BCUT2D eigenvalue weighted by Crippen LogP contribution is -2.09. The van der Waals surface area contributed by atoms with E-state index in [1.54, 1.807) is 0 Å². The Balaban J connectivity index is 1.27. The summed E-state index contributed by atoms with van der Waals surface area (Å²) in [4.78, 5) is 5.23. The standard InChI is InChI=1S/C49H47N5O/c1-27(2)36-22-37(54-32(7)21-31(6)51-54)24-39(23-36)55-38-17-20-41-40-13-11-12-14-44(40)52(45(41)25-38)49-35(10)46(30(5)26-50-49)53-47-33(8)28(3)15-18-42(47)43-19-16-29(4)34(9)48(43)53/h11-27H,1-10H3. The third-order valence-electron chi connectivity index (χ3n) is 11.7. The number of rotatable bonds is 6. The lowest BCUT2D eigenvalue weighted by Gasteiger charge is -2.20. The van der Waals surface area contributed by atoms with Crippen molar-refractivity contribution in [1.82, 2.24) is 23.9 Å². The summed E-state index contributed by atoms with van der Waals surface area (Å²) in [5.74, 6) is 2.78. The van der Waals surface area contributed by atoms with E-state index in [1.807, 2.05) is 17.8 Å². The number of pyridine rings is 1. The van der Waals surface area contributed by atoms with Crippen LogP contribution in [0.25, 0.3) is 60.8 Å². The largest absolute Gasteiger partial charge is 0.457 e. The lowest BCUT2D eigenvalue weighted by molar-refractivity contribution is 0.481. The van der Waals surface area contributed by atoms with Crippen LogP contribution in [0, 0.1) is 55.4 Å². The van der Waals surface area contributed by atoms with E-state index in [4.69, 9.17) is 14.8 Å². The molecular formula is C49H47N5O. The maximum atomic E-state index is 6.77. The maximum Gasteiger partial charge on any atom is 0.142 e. The highest BCUT2D eigenvalue weighted by Crippen LogP contribution is 2.42. The number of hydrogen-bond donors (Lipinski definition) is 0. The Morgan fingerprint density at radius 3 is 1.87 bits per heavy atom. The van der Waals surface area contributed by atoms with Gasteiger partial charge in [-0.3, -0.25) is 4.57 Å². The average molecular weight is 722 g/mol. The smallest absolute Gasteiger partial charge is 0.142 e. The number of fused-ring (bicyclic) bond motifs is 6. The van der Waals surface area contributed by atoms with Gasteiger partial charge in [0.05, 0.1) is 39.1 Å². The van der Waals surface area contributed by atoms with Gasteiger partial charge in [0.15, 0.2) is 0 Å². The van der Waals surface area contributed by atoms with E-state index < -0.39 is 0 Å². The third kappa shape index (κ3) is 5.37. The van der Waals surface area contributed by atoms with Crippen LogP contribution in [0.15, 0.2) is 97.2 Å². The summed E-state index contributed by atoms with van der Waals surface area (Å²) in [7, 11) is 0. The van der Waals surface area contributed by atoms with E-state index in [-0.39, 0.29) is 0 Å². The second kappa shape index (κ2) is 12.7. The first-order valence-corrected chi connectivity index (χ1v) is 19.3. The molecule has 0 amide bonds. The topological polar surface area (TPSA) is 49.8 Å². The average Bonchev–Trinajstić information content (AvgIpc) is 3.80. The number of ether oxygens (including phenoxy) is 1. The van der Waals surface area contributed by atoms with Gasteiger partial charge in [0.25, 0.3) is 0 Å². The van der Waals surface area contributed by atoms with Gasteiger partial charge in [-0.1, -0.05) is 56.3 Å². The van der Waals surface area contributed by atoms with Gasteiger partial charge in [-0.25, -0.2) is 9.67 Å². The maximum absolute atomic E-state index is 6.77. The molecule has 0 aliphatic carbocycles. The van der Waals surface area contributed by atoms with Crippen LogP contribution in [-0.4, -0.2) is 23.9 Å².